The van der Waals surface area contributed by atoms with Gasteiger partial charge in [0.2, 0.25) is 0 Å². The van der Waals surface area contributed by atoms with E-state index in [1.807, 2.05) is 12.4 Å². The van der Waals surface area contributed by atoms with Crippen LogP contribution in [0.25, 0.3) is 0 Å². The minimum Gasteiger partial charge on any atom is -0.378 e. The van der Waals surface area contributed by atoms with Gasteiger partial charge in [0.25, 0.3) is 0 Å². The van der Waals surface area contributed by atoms with Crippen molar-refractivity contribution in [1.82, 2.24) is 15.6 Å². The van der Waals surface area contributed by atoms with Crippen molar-refractivity contribution in [2.24, 2.45) is 10.9 Å². The number of hydrogen-bond donors (Lipinski definition) is 2. The highest BCUT2D eigenvalue weighted by atomic mass is 16.5. The van der Waals surface area contributed by atoms with Crippen molar-refractivity contribution in [1.29, 1.82) is 0 Å². The maximum Gasteiger partial charge on any atom is 0.191 e. The first kappa shape index (κ1) is 20.7. The van der Waals surface area contributed by atoms with E-state index in [9.17, 15) is 0 Å². The van der Waals surface area contributed by atoms with Gasteiger partial charge in [0.05, 0.1) is 6.10 Å². The fourth-order valence-electron chi connectivity index (χ4n) is 3.74. The SMILES string of the molecule is CCNC(=NCCC(OCC)C1CCCC1)NCCc1ccncc1C. The van der Waals surface area contributed by atoms with Gasteiger partial charge in [0.15, 0.2) is 5.96 Å². The van der Waals surface area contributed by atoms with E-state index in [1.54, 1.807) is 0 Å². The Balaban J connectivity index is 1.80. The highest BCUT2D eigenvalue weighted by Crippen LogP contribution is 2.30. The second-order valence-corrected chi connectivity index (χ2v) is 7.07. The van der Waals surface area contributed by atoms with Crippen molar-refractivity contribution < 1.29 is 4.74 Å². The summed E-state index contributed by atoms with van der Waals surface area (Å²) in [7, 11) is 0. The first-order valence-electron chi connectivity index (χ1n) is 10.3. The number of nitrogens with one attached hydrogen (secondary N) is 2. The van der Waals surface area contributed by atoms with Gasteiger partial charge in [-0.05, 0) is 69.6 Å². The van der Waals surface area contributed by atoms with Gasteiger partial charge < -0.3 is 15.4 Å². The molecule has 5 nitrogen and oxygen atoms in total. The molecule has 1 aromatic heterocycles. The highest BCUT2D eigenvalue weighted by Gasteiger charge is 2.24. The lowest BCUT2D eigenvalue weighted by Crippen LogP contribution is -2.38. The Hall–Kier alpha value is -1.62. The van der Waals surface area contributed by atoms with Gasteiger partial charge >= 0.3 is 0 Å². The van der Waals surface area contributed by atoms with Crippen molar-refractivity contribution in [2.75, 3.05) is 26.2 Å². The Bertz CT molecular complexity index is 541. The van der Waals surface area contributed by atoms with Crippen LogP contribution in [0.15, 0.2) is 23.5 Å². The third-order valence-corrected chi connectivity index (χ3v) is 5.16. The predicted molar refractivity (Wildman–Crippen MR) is 109 cm³/mol. The largest absolute Gasteiger partial charge is 0.378 e. The van der Waals surface area contributed by atoms with Gasteiger partial charge in [-0.2, -0.15) is 0 Å². The van der Waals surface area contributed by atoms with E-state index in [0.717, 1.165) is 51.0 Å². The zero-order valence-electron chi connectivity index (χ0n) is 16.8. The maximum atomic E-state index is 6.00. The minimum absolute atomic E-state index is 0.369. The van der Waals surface area contributed by atoms with E-state index in [2.05, 4.69) is 42.5 Å². The number of guanidine groups is 1. The van der Waals surface area contributed by atoms with Crippen molar-refractivity contribution >= 4 is 5.96 Å². The summed E-state index contributed by atoms with van der Waals surface area (Å²) in [5.41, 5.74) is 2.58. The van der Waals surface area contributed by atoms with Gasteiger partial charge in [-0.25, -0.2) is 0 Å². The number of aromatic nitrogens is 1. The molecule has 2 rings (SSSR count). The molecule has 1 heterocycles. The number of aliphatic imine (C=N–C) groups is 1. The Kier molecular flexibility index (Phi) is 9.46. The molecule has 0 amide bonds. The van der Waals surface area contributed by atoms with Crippen molar-refractivity contribution in [3.63, 3.8) is 0 Å². The van der Waals surface area contributed by atoms with Gasteiger partial charge in [-0.3, -0.25) is 9.98 Å². The van der Waals surface area contributed by atoms with Gasteiger partial charge in [0.1, 0.15) is 0 Å². The first-order valence-corrected chi connectivity index (χ1v) is 10.3. The molecule has 2 N–H and O–H groups in total. The molecule has 0 radical (unpaired) electrons. The lowest BCUT2D eigenvalue weighted by atomic mass is 9.98. The fourth-order valence-corrected chi connectivity index (χ4v) is 3.74. The molecule has 1 unspecified atom stereocenters. The molecule has 1 aliphatic carbocycles. The summed E-state index contributed by atoms with van der Waals surface area (Å²) in [4.78, 5) is 8.92. The number of pyridine rings is 1. The normalized spacial score (nSPS) is 16.7. The fraction of sp³-hybridized carbons (Fsp3) is 0.714. The molecular formula is C21H36N4O. The van der Waals surface area contributed by atoms with E-state index in [0.29, 0.717) is 6.10 Å². The van der Waals surface area contributed by atoms with E-state index in [4.69, 9.17) is 9.73 Å². The van der Waals surface area contributed by atoms with E-state index < -0.39 is 0 Å². The van der Waals surface area contributed by atoms with Crippen LogP contribution in [0.2, 0.25) is 0 Å². The lowest BCUT2D eigenvalue weighted by Gasteiger charge is -2.22. The summed E-state index contributed by atoms with van der Waals surface area (Å²) in [6, 6.07) is 2.09. The summed E-state index contributed by atoms with van der Waals surface area (Å²) >= 11 is 0. The quantitative estimate of drug-likeness (QED) is 0.495. The van der Waals surface area contributed by atoms with Crippen LogP contribution in [0.3, 0.4) is 0 Å². The van der Waals surface area contributed by atoms with Crippen molar-refractivity contribution in [2.45, 2.75) is 65.4 Å². The molecule has 0 bridgehead atoms. The zero-order valence-corrected chi connectivity index (χ0v) is 16.8. The second-order valence-electron chi connectivity index (χ2n) is 7.07. The average Bonchev–Trinajstić information content (AvgIpc) is 3.17. The zero-order chi connectivity index (χ0) is 18.6. The Morgan fingerprint density at radius 2 is 2.12 bits per heavy atom. The summed E-state index contributed by atoms with van der Waals surface area (Å²) < 4.78 is 6.00. The van der Waals surface area contributed by atoms with Crippen LogP contribution in [-0.2, 0) is 11.2 Å². The number of rotatable bonds is 10. The van der Waals surface area contributed by atoms with Gasteiger partial charge in [0, 0.05) is 38.6 Å². The molecule has 146 valence electrons. The van der Waals surface area contributed by atoms with E-state index in [1.165, 1.54) is 36.8 Å². The van der Waals surface area contributed by atoms with E-state index in [-0.39, 0.29) is 0 Å². The van der Waals surface area contributed by atoms with Crippen LogP contribution < -0.4 is 10.6 Å². The number of aryl methyl sites for hydroxylation is 1. The number of hydrogen-bond acceptors (Lipinski definition) is 3. The summed E-state index contributed by atoms with van der Waals surface area (Å²) in [5.74, 6) is 1.64. The molecule has 0 aromatic carbocycles. The lowest BCUT2D eigenvalue weighted by molar-refractivity contribution is 0.0177. The van der Waals surface area contributed by atoms with Crippen LogP contribution >= 0.6 is 0 Å². The molecule has 1 fully saturated rings. The molecule has 1 atom stereocenters. The van der Waals surface area contributed by atoms with E-state index >= 15 is 0 Å². The average molecular weight is 361 g/mol. The second kappa shape index (κ2) is 11.9. The standard InChI is InChI=1S/C21H36N4O/c1-4-23-21(24-14-11-18-10-13-22-16-17(18)3)25-15-12-20(26-5-2)19-8-6-7-9-19/h10,13,16,19-20H,4-9,11-12,14-15H2,1-3H3,(H2,23,24,25). The Morgan fingerprint density at radius 1 is 1.31 bits per heavy atom. The van der Waals surface area contributed by atoms with Crippen molar-refractivity contribution in [3.8, 4) is 0 Å². The van der Waals surface area contributed by atoms with Gasteiger partial charge in [-0.15, -0.1) is 0 Å². The smallest absolute Gasteiger partial charge is 0.191 e. The van der Waals surface area contributed by atoms with Crippen LogP contribution in [0, 0.1) is 12.8 Å². The molecule has 1 saturated carbocycles. The third-order valence-electron chi connectivity index (χ3n) is 5.16. The maximum absolute atomic E-state index is 6.00. The molecule has 0 spiro atoms. The van der Waals surface area contributed by atoms with Gasteiger partial charge in [-0.1, -0.05) is 12.8 Å². The van der Waals surface area contributed by atoms with Crippen LogP contribution in [0.4, 0.5) is 0 Å². The summed E-state index contributed by atoms with van der Waals surface area (Å²) in [6.07, 6.45) is 11.5. The molecule has 5 heteroatoms. The molecule has 1 aliphatic rings. The number of nitrogens with zero attached hydrogens (tertiary/aromatic N) is 2. The molecular weight excluding hydrogens is 324 g/mol. The highest BCUT2D eigenvalue weighted by molar-refractivity contribution is 5.79. The molecule has 26 heavy (non-hydrogen) atoms. The molecule has 0 saturated heterocycles. The Morgan fingerprint density at radius 3 is 2.81 bits per heavy atom. The first-order chi connectivity index (χ1) is 12.7. The summed E-state index contributed by atoms with van der Waals surface area (Å²) in [6.45, 7) is 9.66. The number of ether oxygens (including phenoxy) is 1. The van der Waals surface area contributed by atoms with Crippen LogP contribution in [-0.4, -0.2) is 43.3 Å². The molecule has 1 aromatic rings. The topological polar surface area (TPSA) is 58.5 Å². The molecule has 0 aliphatic heterocycles. The van der Waals surface area contributed by atoms with Crippen LogP contribution in [0.5, 0.6) is 0 Å². The predicted octanol–water partition coefficient (Wildman–Crippen LogP) is 3.47. The Labute approximate surface area is 159 Å². The monoisotopic (exact) mass is 360 g/mol. The third kappa shape index (κ3) is 6.94. The van der Waals surface area contributed by atoms with Crippen molar-refractivity contribution in [3.05, 3.63) is 29.6 Å². The van der Waals surface area contributed by atoms with Crippen LogP contribution in [0.1, 0.15) is 57.1 Å². The summed E-state index contributed by atoms with van der Waals surface area (Å²) in [5, 5.41) is 6.79. The minimum atomic E-state index is 0.369.